The summed E-state index contributed by atoms with van der Waals surface area (Å²) in [6, 6.07) is 27.9. The van der Waals surface area contributed by atoms with Crippen LogP contribution in [0.4, 0.5) is 0 Å². The Hall–Kier alpha value is -3.44. The molecule has 8 rings (SSSR count). The normalized spacial score (nSPS) is 15.8. The molecule has 4 nitrogen and oxygen atoms in total. The average Bonchev–Trinajstić information content (AvgIpc) is 3.54. The van der Waals surface area contributed by atoms with E-state index in [1.54, 1.807) is 10.8 Å². The summed E-state index contributed by atoms with van der Waals surface area (Å²) in [6.45, 7) is 16.3. The van der Waals surface area contributed by atoms with Crippen LogP contribution in [0, 0.1) is 30.4 Å². The van der Waals surface area contributed by atoms with Gasteiger partial charge in [0.1, 0.15) is 0 Å². The minimum Gasteiger partial charge on any atom is -0.486 e. The third-order valence-electron chi connectivity index (χ3n) is 11.6. The van der Waals surface area contributed by atoms with Crippen LogP contribution in [0.3, 0.4) is 0 Å². The van der Waals surface area contributed by atoms with Gasteiger partial charge in [-0.1, -0.05) is 126 Å². The van der Waals surface area contributed by atoms with Gasteiger partial charge in [0.15, 0.2) is 0 Å². The number of fused-ring (bicyclic) bond motifs is 3. The summed E-state index contributed by atoms with van der Waals surface area (Å²) < 4.78 is 6.36. The van der Waals surface area contributed by atoms with Gasteiger partial charge in [-0.05, 0) is 78.2 Å². The van der Waals surface area contributed by atoms with Crippen LogP contribution in [0.15, 0.2) is 77.5 Å². The minimum absolute atomic E-state index is 0. The van der Waals surface area contributed by atoms with Crippen molar-refractivity contribution in [1.29, 1.82) is 0 Å². The Labute approximate surface area is 344 Å². The van der Waals surface area contributed by atoms with E-state index in [9.17, 15) is 0 Å². The average molecular weight is 926 g/mol. The molecule has 0 saturated heterocycles. The van der Waals surface area contributed by atoms with Gasteiger partial charge in [0.25, 0.3) is 0 Å². The number of rotatable bonds is 7. The van der Waals surface area contributed by atoms with E-state index < -0.39 is 8.07 Å². The maximum Gasteiger partial charge on any atom is 0.216 e. The molecule has 2 aliphatic rings. The predicted molar refractivity (Wildman–Crippen MR) is 229 cm³/mol. The van der Waals surface area contributed by atoms with Crippen molar-refractivity contribution < 1.29 is 24.5 Å². The fourth-order valence-corrected chi connectivity index (χ4v) is 10.2. The number of aromatic nitrogens is 3. The van der Waals surface area contributed by atoms with E-state index in [-0.39, 0.29) is 25.5 Å². The van der Waals surface area contributed by atoms with E-state index >= 15 is 0 Å². The van der Waals surface area contributed by atoms with E-state index in [0.29, 0.717) is 5.92 Å². The van der Waals surface area contributed by atoms with Crippen LogP contribution in [0.5, 0.6) is 0 Å². The quantitative estimate of drug-likeness (QED) is 0.118. The van der Waals surface area contributed by atoms with Crippen LogP contribution in [-0.4, -0.2) is 23.0 Å². The molecule has 2 aliphatic carbocycles. The van der Waals surface area contributed by atoms with Crippen molar-refractivity contribution in [2.24, 2.45) is 11.3 Å². The Morgan fingerprint density at radius 3 is 2.16 bits per heavy atom. The number of aryl methyl sites for hydroxylation is 1. The summed E-state index contributed by atoms with van der Waals surface area (Å²) in [7, 11) is -1.36. The van der Waals surface area contributed by atoms with Gasteiger partial charge >= 0.3 is 0 Å². The number of benzene rings is 2. The zero-order valence-corrected chi connectivity index (χ0v) is 37.5. The molecule has 0 unspecified atom stereocenters. The molecule has 4 heterocycles. The van der Waals surface area contributed by atoms with Gasteiger partial charge in [0, 0.05) is 49.5 Å². The fraction of sp³-hybridized carbons (Fsp3) is 0.449. The molecule has 2 fully saturated rings. The molecule has 0 spiro atoms. The zero-order chi connectivity index (χ0) is 37.9. The Kier molecular flexibility index (Phi) is 13.3. The maximum absolute atomic E-state index is 6.36. The van der Waals surface area contributed by atoms with E-state index in [0.717, 1.165) is 56.9 Å². The second-order valence-corrected chi connectivity index (χ2v) is 23.4. The second-order valence-electron chi connectivity index (χ2n) is 18.3. The molecular weight excluding hydrogens is 867 g/mol. The van der Waals surface area contributed by atoms with Crippen LogP contribution >= 0.6 is 0 Å². The van der Waals surface area contributed by atoms with Crippen molar-refractivity contribution >= 4 is 35.3 Å². The molecule has 0 aliphatic heterocycles. The van der Waals surface area contributed by atoms with Crippen molar-refractivity contribution in [2.75, 3.05) is 0 Å². The maximum atomic E-state index is 6.36. The summed E-state index contributed by atoms with van der Waals surface area (Å²) >= 11 is 0. The molecule has 6 aromatic rings. The summed E-state index contributed by atoms with van der Waals surface area (Å²) in [6.07, 6.45) is 19.9. The Morgan fingerprint density at radius 1 is 0.764 bits per heavy atom. The zero-order valence-electron chi connectivity index (χ0n) is 34.2. The number of furan rings is 1. The largest absolute Gasteiger partial charge is 0.486 e. The molecule has 55 heavy (non-hydrogen) atoms. The molecule has 4 aromatic heterocycles. The van der Waals surface area contributed by atoms with Gasteiger partial charge < -0.3 is 14.4 Å². The van der Waals surface area contributed by atoms with Crippen LogP contribution in [0.25, 0.3) is 44.6 Å². The minimum atomic E-state index is -1.36. The van der Waals surface area contributed by atoms with Gasteiger partial charge in [0.05, 0.1) is 13.7 Å². The number of hydrogen-bond acceptors (Lipinski definition) is 4. The smallest absolute Gasteiger partial charge is 0.216 e. The Bertz CT molecular complexity index is 2180. The first-order chi connectivity index (χ1) is 25.9. The summed E-state index contributed by atoms with van der Waals surface area (Å²) in [5.74, 6) is 1.44. The second kappa shape index (κ2) is 17.8. The van der Waals surface area contributed by atoms with E-state index in [2.05, 4.69) is 108 Å². The first kappa shape index (κ1) is 41.2. The molecule has 0 amide bonds. The Balaban J connectivity index is 0.000000192. The van der Waals surface area contributed by atoms with Crippen molar-refractivity contribution in [1.82, 2.24) is 15.0 Å². The third-order valence-corrected chi connectivity index (χ3v) is 13.6. The first-order valence-corrected chi connectivity index (χ1v) is 24.1. The van der Waals surface area contributed by atoms with Gasteiger partial charge in [-0.2, -0.15) is 0 Å². The number of nitrogens with zero attached hydrogens (tertiary/aromatic N) is 3. The predicted octanol–water partition coefficient (Wildman–Crippen LogP) is 13.0. The van der Waals surface area contributed by atoms with Gasteiger partial charge in [-0.3, -0.25) is 0 Å². The molecule has 1 radical (unpaired) electrons. The Morgan fingerprint density at radius 2 is 1.47 bits per heavy atom. The molecule has 6 heteroatoms. The molecule has 0 N–H and O–H groups in total. The standard InChI is InChI=1S/C28H31N2O.C21H28NSi.Ir/c1-18-17-29-25(15-20(18)16-28(2,3)4)23-12-8-11-21-22-13-14-24(19-9-6-5-7-10-19)30-27(22)31-26(21)23;1-23(2,3)21-16-22-20(18-12-8-5-9-13-18)15-19(21)14-17-10-6-4-7-11-17;/h8,11,13-15,17,19H,5-7,9-10,16H2,1-4H3;5,8-9,12,15-17H,4,6-7,10-11,14H2,1-3H3;/q2*-1;. The molecular formula is C49H59IrN3OSi-2. The van der Waals surface area contributed by atoms with Crippen molar-refractivity contribution in [3.63, 3.8) is 0 Å². The molecule has 0 atom stereocenters. The number of pyridine rings is 3. The van der Waals surface area contributed by atoms with Crippen LogP contribution < -0.4 is 5.19 Å². The monoisotopic (exact) mass is 926 g/mol. The van der Waals surface area contributed by atoms with E-state index in [1.165, 1.54) is 87.4 Å². The van der Waals surface area contributed by atoms with Gasteiger partial charge in [-0.25, -0.2) is 4.98 Å². The molecule has 2 saturated carbocycles. The van der Waals surface area contributed by atoms with Crippen LogP contribution in [0.2, 0.25) is 19.6 Å². The SMILES string of the molecule is C[Si](C)(C)c1cnc(-c2[c-]cccc2)cc1CC1CCCCC1.Cc1cnc(-c2[c-]ccc3c2oc2nc(C4CCCCC4)ccc23)cc1CC(C)(C)C.[Ir]. The number of hydrogen-bond donors (Lipinski definition) is 0. The van der Waals surface area contributed by atoms with E-state index in [4.69, 9.17) is 19.4 Å². The van der Waals surface area contributed by atoms with Crippen molar-refractivity contribution in [3.8, 4) is 22.5 Å². The van der Waals surface area contributed by atoms with Gasteiger partial charge in [-0.15, -0.1) is 54.1 Å². The van der Waals surface area contributed by atoms with Crippen LogP contribution in [-0.2, 0) is 32.9 Å². The third kappa shape index (κ3) is 10.1. The first-order valence-electron chi connectivity index (χ1n) is 20.6. The van der Waals surface area contributed by atoms with Crippen molar-refractivity contribution in [2.45, 2.75) is 130 Å². The molecule has 2 aromatic carbocycles. The van der Waals surface area contributed by atoms with Gasteiger partial charge in [0.2, 0.25) is 5.71 Å². The van der Waals surface area contributed by atoms with Crippen molar-refractivity contribution in [3.05, 3.63) is 108 Å². The van der Waals surface area contributed by atoms with E-state index in [1.807, 2.05) is 24.4 Å². The summed E-state index contributed by atoms with van der Waals surface area (Å²) in [5.41, 5.74) is 11.1. The summed E-state index contributed by atoms with van der Waals surface area (Å²) in [4.78, 5) is 14.5. The fourth-order valence-electron chi connectivity index (χ4n) is 8.66. The molecule has 291 valence electrons. The molecule has 0 bridgehead atoms. The van der Waals surface area contributed by atoms with Crippen LogP contribution in [0.1, 0.15) is 113 Å². The topological polar surface area (TPSA) is 51.8 Å². The summed E-state index contributed by atoms with van der Waals surface area (Å²) in [5, 5.41) is 3.71.